The normalized spacial score (nSPS) is 13.3. The summed E-state index contributed by atoms with van der Waals surface area (Å²) in [5.41, 5.74) is 4.91. The van der Waals surface area contributed by atoms with E-state index in [9.17, 15) is 9.18 Å². The van der Waals surface area contributed by atoms with Crippen LogP contribution in [-0.2, 0) is 18.4 Å². The zero-order valence-corrected chi connectivity index (χ0v) is 16.4. The summed E-state index contributed by atoms with van der Waals surface area (Å²) in [6.07, 6.45) is 9.12. The lowest BCUT2D eigenvalue weighted by Gasteiger charge is -2.09. The van der Waals surface area contributed by atoms with E-state index in [0.29, 0.717) is 18.5 Å². The maximum atomic E-state index is 13.3. The van der Waals surface area contributed by atoms with Gasteiger partial charge in [0.25, 0.3) is 5.91 Å². The van der Waals surface area contributed by atoms with Crippen LogP contribution in [0, 0.1) is 5.82 Å². The van der Waals surface area contributed by atoms with Crippen molar-refractivity contribution >= 4 is 17.6 Å². The number of rotatable bonds is 5. The summed E-state index contributed by atoms with van der Waals surface area (Å²) in [4.78, 5) is 13.0. The number of carbonyl (C=O) groups excluding carboxylic acids is 1. The van der Waals surface area contributed by atoms with Gasteiger partial charge in [-0.3, -0.25) is 9.48 Å². The Morgan fingerprint density at radius 1 is 1.24 bits per heavy atom. The van der Waals surface area contributed by atoms with Crippen molar-refractivity contribution in [1.82, 2.24) is 24.9 Å². The Morgan fingerprint density at radius 2 is 2.03 bits per heavy atom. The Labute approximate surface area is 168 Å². The van der Waals surface area contributed by atoms with Crippen molar-refractivity contribution in [3.63, 3.8) is 0 Å². The van der Waals surface area contributed by atoms with E-state index in [1.54, 1.807) is 27.7 Å². The van der Waals surface area contributed by atoms with Gasteiger partial charge in [0.05, 0.1) is 29.8 Å². The van der Waals surface area contributed by atoms with Crippen molar-refractivity contribution in [3.8, 4) is 5.69 Å². The summed E-state index contributed by atoms with van der Waals surface area (Å²) in [6, 6.07) is 8.03. The van der Waals surface area contributed by atoms with Gasteiger partial charge in [-0.2, -0.15) is 10.2 Å². The molecule has 1 aliphatic carbocycles. The van der Waals surface area contributed by atoms with Crippen LogP contribution >= 0.6 is 0 Å². The standard InChI is InChI=1S/C22H22FN5O/c1-3-15-4-9-19(22(29)24-13-17-10-11-27(2)26-17)20-14-25-28(21(20)12-15)18-7-5-16(23)6-8-18/h5-12,14H,3-4,13H2,1-2H3,(H,24,29). The fraction of sp³-hybridized carbons (Fsp3) is 0.227. The molecule has 0 radical (unpaired) electrons. The number of halogens is 1. The average Bonchev–Trinajstić information content (AvgIpc) is 3.27. The number of allylic oxidation sites excluding steroid dienone is 2. The number of aromatic nitrogens is 4. The molecular weight excluding hydrogens is 369 g/mol. The summed E-state index contributed by atoms with van der Waals surface area (Å²) < 4.78 is 16.8. The van der Waals surface area contributed by atoms with Gasteiger partial charge in [-0.15, -0.1) is 0 Å². The van der Waals surface area contributed by atoms with E-state index in [0.717, 1.165) is 29.1 Å². The first-order chi connectivity index (χ1) is 14.0. The first-order valence-corrected chi connectivity index (χ1v) is 9.56. The molecule has 1 aliphatic rings. The highest BCUT2D eigenvalue weighted by Crippen LogP contribution is 2.30. The molecule has 1 aromatic carbocycles. The first kappa shape index (κ1) is 18.9. The van der Waals surface area contributed by atoms with Crippen LogP contribution in [-0.4, -0.2) is 25.5 Å². The molecule has 0 fully saturated rings. The second kappa shape index (κ2) is 7.87. The molecule has 0 bridgehead atoms. The van der Waals surface area contributed by atoms with Gasteiger partial charge in [0, 0.05) is 24.4 Å². The summed E-state index contributed by atoms with van der Waals surface area (Å²) in [5.74, 6) is -0.465. The minimum absolute atomic E-state index is 0.165. The van der Waals surface area contributed by atoms with Crippen molar-refractivity contribution in [2.24, 2.45) is 7.05 Å². The van der Waals surface area contributed by atoms with Crippen LogP contribution < -0.4 is 5.32 Å². The molecule has 1 amide bonds. The molecule has 0 saturated carbocycles. The molecule has 7 heteroatoms. The minimum atomic E-state index is -0.300. The maximum absolute atomic E-state index is 13.3. The number of hydrogen-bond acceptors (Lipinski definition) is 3. The van der Waals surface area contributed by atoms with Crippen LogP contribution in [0.25, 0.3) is 17.3 Å². The average molecular weight is 391 g/mol. The van der Waals surface area contributed by atoms with Gasteiger partial charge in [-0.1, -0.05) is 18.6 Å². The maximum Gasteiger partial charge on any atom is 0.252 e. The lowest BCUT2D eigenvalue weighted by atomic mass is 10.1. The summed E-state index contributed by atoms with van der Waals surface area (Å²) in [7, 11) is 1.84. The van der Waals surface area contributed by atoms with Crippen molar-refractivity contribution in [3.05, 3.63) is 77.1 Å². The number of fused-ring (bicyclic) bond motifs is 1. The van der Waals surface area contributed by atoms with Gasteiger partial charge in [0.15, 0.2) is 0 Å². The predicted octanol–water partition coefficient (Wildman–Crippen LogP) is 3.64. The molecule has 0 aliphatic heterocycles. The molecule has 29 heavy (non-hydrogen) atoms. The Bertz CT molecular complexity index is 1100. The van der Waals surface area contributed by atoms with E-state index in [1.165, 1.54) is 17.7 Å². The molecule has 2 heterocycles. The van der Waals surface area contributed by atoms with Crippen molar-refractivity contribution in [2.45, 2.75) is 26.3 Å². The number of amides is 1. The van der Waals surface area contributed by atoms with Crippen LogP contribution in [0.15, 0.2) is 54.4 Å². The fourth-order valence-electron chi connectivity index (χ4n) is 3.37. The SMILES string of the molecule is CCC1=Cc2c(cnn2-c2ccc(F)cc2)C(C(=O)NCc2ccn(C)n2)=CC1. The number of carbonyl (C=O) groups is 1. The van der Waals surface area contributed by atoms with Gasteiger partial charge in [0.1, 0.15) is 5.82 Å². The zero-order chi connectivity index (χ0) is 20.4. The highest BCUT2D eigenvalue weighted by Gasteiger charge is 2.22. The summed E-state index contributed by atoms with van der Waals surface area (Å²) in [6.45, 7) is 2.44. The summed E-state index contributed by atoms with van der Waals surface area (Å²) in [5, 5.41) is 11.7. The van der Waals surface area contributed by atoms with Gasteiger partial charge < -0.3 is 5.32 Å². The molecule has 2 aromatic heterocycles. The third-order valence-corrected chi connectivity index (χ3v) is 4.97. The molecule has 3 aromatic rings. The van der Waals surface area contributed by atoms with Crippen LogP contribution in [0.3, 0.4) is 0 Å². The molecule has 1 N–H and O–H groups in total. The van der Waals surface area contributed by atoms with Crippen molar-refractivity contribution in [1.29, 1.82) is 0 Å². The van der Waals surface area contributed by atoms with E-state index >= 15 is 0 Å². The largest absolute Gasteiger partial charge is 0.346 e. The third-order valence-electron chi connectivity index (χ3n) is 4.97. The highest BCUT2D eigenvalue weighted by atomic mass is 19.1. The van der Waals surface area contributed by atoms with E-state index in [-0.39, 0.29) is 11.7 Å². The number of nitrogens with one attached hydrogen (secondary N) is 1. The molecule has 0 saturated heterocycles. The molecule has 0 unspecified atom stereocenters. The third kappa shape index (κ3) is 3.89. The quantitative estimate of drug-likeness (QED) is 0.722. The van der Waals surface area contributed by atoms with Crippen molar-refractivity contribution in [2.75, 3.05) is 0 Å². The second-order valence-corrected chi connectivity index (χ2v) is 6.97. The lowest BCUT2D eigenvalue weighted by Crippen LogP contribution is -2.24. The first-order valence-electron chi connectivity index (χ1n) is 9.56. The molecule has 0 atom stereocenters. The monoisotopic (exact) mass is 391 g/mol. The molecule has 0 spiro atoms. The van der Waals surface area contributed by atoms with Crippen molar-refractivity contribution < 1.29 is 9.18 Å². The predicted molar refractivity (Wildman–Crippen MR) is 109 cm³/mol. The number of hydrogen-bond donors (Lipinski definition) is 1. The lowest BCUT2D eigenvalue weighted by molar-refractivity contribution is -0.115. The molecule has 148 valence electrons. The summed E-state index contributed by atoms with van der Waals surface area (Å²) >= 11 is 0. The van der Waals surface area contributed by atoms with E-state index in [1.807, 2.05) is 25.4 Å². The highest BCUT2D eigenvalue weighted by molar-refractivity contribution is 6.20. The number of aryl methyl sites for hydroxylation is 1. The van der Waals surface area contributed by atoms with Gasteiger partial charge in [-0.05, 0) is 49.2 Å². The smallest absolute Gasteiger partial charge is 0.252 e. The topological polar surface area (TPSA) is 64.7 Å². The van der Waals surface area contributed by atoms with Gasteiger partial charge in [-0.25, -0.2) is 9.07 Å². The van der Waals surface area contributed by atoms with E-state index < -0.39 is 0 Å². The van der Waals surface area contributed by atoms with E-state index in [2.05, 4.69) is 28.5 Å². The van der Waals surface area contributed by atoms with Crippen LogP contribution in [0.1, 0.15) is 36.7 Å². The molecular formula is C22H22FN5O. The Morgan fingerprint density at radius 3 is 2.72 bits per heavy atom. The zero-order valence-electron chi connectivity index (χ0n) is 16.4. The van der Waals surface area contributed by atoms with Gasteiger partial charge >= 0.3 is 0 Å². The van der Waals surface area contributed by atoms with Gasteiger partial charge in [0.2, 0.25) is 0 Å². The van der Waals surface area contributed by atoms with Crippen LogP contribution in [0.2, 0.25) is 0 Å². The van der Waals surface area contributed by atoms with E-state index in [4.69, 9.17) is 0 Å². The molecule has 4 rings (SSSR count). The Balaban J connectivity index is 1.66. The Hall–Kier alpha value is -3.48. The fourth-order valence-corrected chi connectivity index (χ4v) is 3.37. The Kier molecular flexibility index (Phi) is 5.12. The van der Waals surface area contributed by atoms with Crippen LogP contribution in [0.4, 0.5) is 4.39 Å². The number of nitrogens with zero attached hydrogens (tertiary/aromatic N) is 4. The molecule has 6 nitrogen and oxygen atoms in total. The number of benzene rings is 1. The minimum Gasteiger partial charge on any atom is -0.346 e. The second-order valence-electron chi connectivity index (χ2n) is 6.97. The van der Waals surface area contributed by atoms with Crippen LogP contribution in [0.5, 0.6) is 0 Å².